The van der Waals surface area contributed by atoms with Crippen molar-refractivity contribution in [1.82, 2.24) is 19.5 Å². The van der Waals surface area contributed by atoms with Crippen LogP contribution in [0.1, 0.15) is 43.9 Å². The molecule has 0 bridgehead atoms. The molecule has 8 heteroatoms. The Bertz CT molecular complexity index is 922. The molecule has 29 heavy (non-hydrogen) atoms. The third-order valence-corrected chi connectivity index (χ3v) is 7.15. The van der Waals surface area contributed by atoms with Gasteiger partial charge in [-0.1, -0.05) is 32.0 Å². The van der Waals surface area contributed by atoms with Crippen LogP contribution >= 0.6 is 0 Å². The van der Waals surface area contributed by atoms with Crippen molar-refractivity contribution in [3.05, 3.63) is 59.9 Å². The van der Waals surface area contributed by atoms with Crippen LogP contribution in [0.4, 0.5) is 4.79 Å². The molecule has 0 saturated carbocycles. The van der Waals surface area contributed by atoms with Gasteiger partial charge in [0, 0.05) is 38.6 Å². The number of sulfonamides is 1. The van der Waals surface area contributed by atoms with Crippen LogP contribution < -0.4 is 5.32 Å². The van der Waals surface area contributed by atoms with Crippen LogP contribution in [0.25, 0.3) is 0 Å². The number of amides is 2. The van der Waals surface area contributed by atoms with Gasteiger partial charge in [-0.3, -0.25) is 4.98 Å². The van der Waals surface area contributed by atoms with Crippen LogP contribution in [0.5, 0.6) is 0 Å². The average molecular weight is 417 g/mol. The molecule has 2 aromatic rings. The monoisotopic (exact) mass is 416 g/mol. The molecule has 1 aliphatic heterocycles. The highest BCUT2D eigenvalue weighted by Gasteiger charge is 2.30. The summed E-state index contributed by atoms with van der Waals surface area (Å²) in [6, 6.07) is 10.4. The van der Waals surface area contributed by atoms with E-state index in [9.17, 15) is 13.2 Å². The van der Waals surface area contributed by atoms with Crippen molar-refractivity contribution >= 4 is 16.1 Å². The van der Waals surface area contributed by atoms with Gasteiger partial charge in [0.05, 0.1) is 10.9 Å². The van der Waals surface area contributed by atoms with Crippen LogP contribution in [0.15, 0.2) is 53.7 Å². The molecule has 2 amide bonds. The lowest BCUT2D eigenvalue weighted by Crippen LogP contribution is -2.53. The van der Waals surface area contributed by atoms with Crippen LogP contribution in [0.3, 0.4) is 0 Å². The van der Waals surface area contributed by atoms with E-state index in [1.807, 2.05) is 31.2 Å². The van der Waals surface area contributed by atoms with E-state index in [0.717, 1.165) is 11.1 Å². The summed E-state index contributed by atoms with van der Waals surface area (Å²) >= 11 is 0. The Morgan fingerprint density at radius 1 is 1.00 bits per heavy atom. The first-order valence-corrected chi connectivity index (χ1v) is 11.3. The lowest BCUT2D eigenvalue weighted by atomic mass is 10.0. The number of urea groups is 1. The van der Waals surface area contributed by atoms with E-state index in [0.29, 0.717) is 23.9 Å². The van der Waals surface area contributed by atoms with E-state index in [2.05, 4.69) is 24.1 Å². The highest BCUT2D eigenvalue weighted by Crippen LogP contribution is 2.21. The molecular weight excluding hydrogens is 388 g/mol. The maximum absolute atomic E-state index is 12.9. The molecule has 1 saturated heterocycles. The van der Waals surface area contributed by atoms with Crippen molar-refractivity contribution < 1.29 is 13.2 Å². The molecule has 0 spiro atoms. The molecule has 1 N–H and O–H groups in total. The predicted molar refractivity (Wildman–Crippen MR) is 112 cm³/mol. The summed E-state index contributed by atoms with van der Waals surface area (Å²) in [6.45, 7) is 7.32. The number of carbonyl (C=O) groups excluding carboxylic acids is 1. The number of hydrogen-bond donors (Lipinski definition) is 1. The molecular formula is C21H28N4O3S. The molecule has 3 rings (SSSR count). The van der Waals surface area contributed by atoms with Gasteiger partial charge in [-0.05, 0) is 42.2 Å². The lowest BCUT2D eigenvalue weighted by Gasteiger charge is -2.34. The maximum atomic E-state index is 12.9. The van der Waals surface area contributed by atoms with Crippen LogP contribution in [-0.4, -0.2) is 54.8 Å². The molecule has 0 radical (unpaired) electrons. The number of benzene rings is 1. The van der Waals surface area contributed by atoms with Crippen LogP contribution in [-0.2, 0) is 10.0 Å². The summed E-state index contributed by atoms with van der Waals surface area (Å²) in [5.41, 5.74) is 2.03. The zero-order chi connectivity index (χ0) is 21.0. The first-order chi connectivity index (χ1) is 13.8. The minimum absolute atomic E-state index is 0.169. The van der Waals surface area contributed by atoms with Gasteiger partial charge in [-0.2, -0.15) is 4.31 Å². The van der Waals surface area contributed by atoms with Crippen molar-refractivity contribution in [1.29, 1.82) is 0 Å². The number of carbonyl (C=O) groups is 1. The van der Waals surface area contributed by atoms with Crippen molar-refractivity contribution in [2.24, 2.45) is 0 Å². The number of pyridine rings is 1. The van der Waals surface area contributed by atoms with E-state index in [-0.39, 0.29) is 25.2 Å². The van der Waals surface area contributed by atoms with E-state index in [1.54, 1.807) is 29.4 Å². The van der Waals surface area contributed by atoms with Gasteiger partial charge in [0.1, 0.15) is 0 Å². The van der Waals surface area contributed by atoms with Gasteiger partial charge in [-0.25, -0.2) is 13.2 Å². The fraction of sp³-hybridized carbons (Fsp3) is 0.429. The SMILES string of the molecule is CC(C)c1ccc(S(=O)(=O)N2CCN(C(=O)N[C@@H](C)c3cccnc3)CC2)cc1. The van der Waals surface area contributed by atoms with E-state index < -0.39 is 10.0 Å². The smallest absolute Gasteiger partial charge is 0.317 e. The Kier molecular flexibility index (Phi) is 6.54. The predicted octanol–water partition coefficient (Wildman–Crippen LogP) is 2.98. The van der Waals surface area contributed by atoms with Gasteiger partial charge in [0.15, 0.2) is 0 Å². The zero-order valence-corrected chi connectivity index (χ0v) is 17.9. The van der Waals surface area contributed by atoms with E-state index >= 15 is 0 Å². The Morgan fingerprint density at radius 3 is 2.21 bits per heavy atom. The standard InChI is InChI=1S/C21H28N4O3S/c1-16(2)18-6-8-20(9-7-18)29(27,28)25-13-11-24(12-14-25)21(26)23-17(3)19-5-4-10-22-15-19/h4-10,15-17H,11-14H2,1-3H3,(H,23,26)/t17-/m0/s1. The minimum Gasteiger partial charge on any atom is -0.331 e. The molecule has 0 aliphatic carbocycles. The first-order valence-electron chi connectivity index (χ1n) is 9.84. The first kappa shape index (κ1) is 21.3. The topological polar surface area (TPSA) is 82.6 Å². The summed E-state index contributed by atoms with van der Waals surface area (Å²) < 4.78 is 27.3. The molecule has 2 heterocycles. The number of piperazine rings is 1. The quantitative estimate of drug-likeness (QED) is 0.812. The Labute approximate surface area is 172 Å². The fourth-order valence-electron chi connectivity index (χ4n) is 3.30. The number of aromatic nitrogens is 1. The Hall–Kier alpha value is -2.45. The summed E-state index contributed by atoms with van der Waals surface area (Å²) in [6.07, 6.45) is 3.41. The maximum Gasteiger partial charge on any atom is 0.317 e. The second-order valence-corrected chi connectivity index (χ2v) is 9.51. The fourth-order valence-corrected chi connectivity index (χ4v) is 4.72. The zero-order valence-electron chi connectivity index (χ0n) is 17.1. The largest absolute Gasteiger partial charge is 0.331 e. The summed E-state index contributed by atoms with van der Waals surface area (Å²) in [5, 5.41) is 2.95. The van der Waals surface area contributed by atoms with Gasteiger partial charge in [0.2, 0.25) is 10.0 Å². The molecule has 156 valence electrons. The minimum atomic E-state index is -3.55. The molecule has 0 unspecified atom stereocenters. The van der Waals surface area contributed by atoms with Crippen molar-refractivity contribution in [3.8, 4) is 0 Å². The number of rotatable bonds is 5. The van der Waals surface area contributed by atoms with Crippen LogP contribution in [0, 0.1) is 0 Å². The van der Waals surface area contributed by atoms with Gasteiger partial charge in [-0.15, -0.1) is 0 Å². The summed E-state index contributed by atoms with van der Waals surface area (Å²) in [5.74, 6) is 0.350. The van der Waals surface area contributed by atoms with Crippen molar-refractivity contribution in [3.63, 3.8) is 0 Å². The van der Waals surface area contributed by atoms with E-state index in [4.69, 9.17) is 0 Å². The molecule has 1 aliphatic rings. The number of nitrogens with one attached hydrogen (secondary N) is 1. The highest BCUT2D eigenvalue weighted by molar-refractivity contribution is 7.89. The second-order valence-electron chi connectivity index (χ2n) is 7.57. The molecule has 1 atom stereocenters. The summed E-state index contributed by atoms with van der Waals surface area (Å²) in [7, 11) is -3.55. The van der Waals surface area contributed by atoms with E-state index in [1.165, 1.54) is 4.31 Å². The van der Waals surface area contributed by atoms with Gasteiger partial charge < -0.3 is 10.2 Å². The average Bonchev–Trinajstić information content (AvgIpc) is 2.74. The second kappa shape index (κ2) is 8.92. The molecule has 1 aromatic carbocycles. The lowest BCUT2D eigenvalue weighted by molar-refractivity contribution is 0.169. The Morgan fingerprint density at radius 2 is 1.66 bits per heavy atom. The Balaban J connectivity index is 1.58. The molecule has 7 nitrogen and oxygen atoms in total. The van der Waals surface area contributed by atoms with Gasteiger partial charge >= 0.3 is 6.03 Å². The highest BCUT2D eigenvalue weighted by atomic mass is 32.2. The molecule has 1 fully saturated rings. The third-order valence-electron chi connectivity index (χ3n) is 5.23. The normalized spacial score (nSPS) is 16.6. The van der Waals surface area contributed by atoms with Crippen molar-refractivity contribution in [2.45, 2.75) is 37.6 Å². The number of nitrogens with zero attached hydrogens (tertiary/aromatic N) is 3. The molecule has 1 aromatic heterocycles. The van der Waals surface area contributed by atoms with Crippen LogP contribution in [0.2, 0.25) is 0 Å². The number of hydrogen-bond acceptors (Lipinski definition) is 4. The van der Waals surface area contributed by atoms with Crippen molar-refractivity contribution in [2.75, 3.05) is 26.2 Å². The van der Waals surface area contributed by atoms with Gasteiger partial charge in [0.25, 0.3) is 0 Å². The third kappa shape index (κ3) is 4.94. The summed E-state index contributed by atoms with van der Waals surface area (Å²) in [4.78, 5) is 18.6.